The Morgan fingerprint density at radius 1 is 1.56 bits per heavy atom. The Kier molecular flexibility index (Phi) is 5.62. The van der Waals surface area contributed by atoms with Crippen molar-refractivity contribution in [1.29, 1.82) is 0 Å². The van der Waals surface area contributed by atoms with Gasteiger partial charge in [-0.25, -0.2) is 4.39 Å². The molecule has 0 saturated heterocycles. The van der Waals surface area contributed by atoms with Crippen LogP contribution in [0, 0.1) is 5.82 Å². The van der Waals surface area contributed by atoms with Gasteiger partial charge in [-0.15, -0.1) is 11.8 Å². The minimum Gasteiger partial charge on any atom is -0.480 e. The highest BCUT2D eigenvalue weighted by atomic mass is 32.2. The Morgan fingerprint density at radius 3 is 2.83 bits per heavy atom. The Bertz CT molecular complexity index is 414. The number of thioether (sulfide) groups is 1. The summed E-state index contributed by atoms with van der Waals surface area (Å²) in [5.41, 5.74) is -0.886. The molecule has 1 rings (SSSR count). The van der Waals surface area contributed by atoms with E-state index < -0.39 is 11.5 Å². The standard InChI is InChI=1S/C13H18FNO2S/c1-13(15-2,12(16)17)7-4-8-18-11-6-3-5-10(14)9-11/h3,5-6,9,15H,4,7-8H2,1-2H3,(H,16,17). The zero-order chi connectivity index (χ0) is 13.6. The van der Waals surface area contributed by atoms with E-state index in [0.29, 0.717) is 6.42 Å². The third kappa shape index (κ3) is 4.31. The molecule has 0 fully saturated rings. The first-order valence-corrected chi connectivity index (χ1v) is 6.77. The van der Waals surface area contributed by atoms with E-state index in [-0.39, 0.29) is 5.82 Å². The molecule has 0 bridgehead atoms. The minimum atomic E-state index is -0.886. The number of hydrogen-bond acceptors (Lipinski definition) is 3. The van der Waals surface area contributed by atoms with E-state index in [0.717, 1.165) is 17.1 Å². The zero-order valence-electron chi connectivity index (χ0n) is 10.6. The summed E-state index contributed by atoms with van der Waals surface area (Å²) in [6.07, 6.45) is 1.30. The fourth-order valence-corrected chi connectivity index (χ4v) is 2.41. The number of rotatable bonds is 7. The van der Waals surface area contributed by atoms with Crippen LogP contribution in [0.2, 0.25) is 0 Å². The summed E-state index contributed by atoms with van der Waals surface area (Å²) in [6, 6.07) is 6.42. The second-order valence-corrected chi connectivity index (χ2v) is 5.46. The van der Waals surface area contributed by atoms with Crippen molar-refractivity contribution in [1.82, 2.24) is 5.32 Å². The average Bonchev–Trinajstić information content (AvgIpc) is 2.34. The average molecular weight is 271 g/mol. The molecule has 18 heavy (non-hydrogen) atoms. The SMILES string of the molecule is CNC(C)(CCCSc1cccc(F)c1)C(=O)O. The third-order valence-corrected chi connectivity index (χ3v) is 3.99. The van der Waals surface area contributed by atoms with Gasteiger partial charge in [0, 0.05) is 4.90 Å². The molecule has 3 nitrogen and oxygen atoms in total. The maximum Gasteiger partial charge on any atom is 0.323 e. The molecule has 0 aliphatic heterocycles. The highest BCUT2D eigenvalue weighted by Crippen LogP contribution is 2.22. The van der Waals surface area contributed by atoms with Gasteiger partial charge in [-0.2, -0.15) is 0 Å². The van der Waals surface area contributed by atoms with E-state index in [1.807, 2.05) is 6.07 Å². The Labute approximate surface area is 111 Å². The van der Waals surface area contributed by atoms with Crippen LogP contribution < -0.4 is 5.32 Å². The second-order valence-electron chi connectivity index (χ2n) is 4.30. The van der Waals surface area contributed by atoms with Crippen LogP contribution in [-0.2, 0) is 4.79 Å². The van der Waals surface area contributed by atoms with Crippen LogP contribution in [0.5, 0.6) is 0 Å². The van der Waals surface area contributed by atoms with Crippen molar-refractivity contribution in [2.45, 2.75) is 30.2 Å². The fourth-order valence-electron chi connectivity index (χ4n) is 1.51. The molecular formula is C13H18FNO2S. The van der Waals surface area contributed by atoms with Crippen LogP contribution in [0.3, 0.4) is 0 Å². The van der Waals surface area contributed by atoms with E-state index >= 15 is 0 Å². The number of halogens is 1. The van der Waals surface area contributed by atoms with Crippen LogP contribution in [0.1, 0.15) is 19.8 Å². The molecule has 0 spiro atoms. The van der Waals surface area contributed by atoms with Gasteiger partial charge in [-0.3, -0.25) is 4.79 Å². The quantitative estimate of drug-likeness (QED) is 0.591. The highest BCUT2D eigenvalue weighted by molar-refractivity contribution is 7.99. The van der Waals surface area contributed by atoms with E-state index in [1.54, 1.807) is 20.0 Å². The maximum atomic E-state index is 12.9. The van der Waals surface area contributed by atoms with Gasteiger partial charge >= 0.3 is 5.97 Å². The number of benzene rings is 1. The molecule has 0 amide bonds. The molecule has 0 saturated carbocycles. The molecule has 100 valence electrons. The number of carbonyl (C=O) groups is 1. The van der Waals surface area contributed by atoms with Gasteiger partial charge in [-0.1, -0.05) is 6.07 Å². The number of carboxylic acid groups (broad SMARTS) is 1. The second kappa shape index (κ2) is 6.75. The summed E-state index contributed by atoms with van der Waals surface area (Å²) >= 11 is 1.54. The molecule has 5 heteroatoms. The van der Waals surface area contributed by atoms with Crippen molar-refractivity contribution >= 4 is 17.7 Å². The lowest BCUT2D eigenvalue weighted by Crippen LogP contribution is -2.47. The molecule has 1 unspecified atom stereocenters. The van der Waals surface area contributed by atoms with Crippen molar-refractivity contribution in [3.63, 3.8) is 0 Å². The summed E-state index contributed by atoms with van der Waals surface area (Å²) in [6.45, 7) is 1.67. The largest absolute Gasteiger partial charge is 0.480 e. The van der Waals surface area contributed by atoms with Gasteiger partial charge in [-0.05, 0) is 50.8 Å². The van der Waals surface area contributed by atoms with Crippen molar-refractivity contribution in [2.75, 3.05) is 12.8 Å². The fraction of sp³-hybridized carbons (Fsp3) is 0.462. The third-order valence-electron chi connectivity index (χ3n) is 2.91. The summed E-state index contributed by atoms with van der Waals surface area (Å²) in [5, 5.41) is 11.9. The predicted octanol–water partition coefficient (Wildman–Crippen LogP) is 2.76. The van der Waals surface area contributed by atoms with E-state index in [1.165, 1.54) is 23.9 Å². The highest BCUT2D eigenvalue weighted by Gasteiger charge is 2.30. The molecule has 0 aliphatic rings. The summed E-state index contributed by atoms with van der Waals surface area (Å²) in [5.74, 6) is -0.320. The molecule has 1 atom stereocenters. The van der Waals surface area contributed by atoms with E-state index in [9.17, 15) is 9.18 Å². The molecular weight excluding hydrogens is 253 g/mol. The van der Waals surface area contributed by atoms with Gasteiger partial charge in [0.1, 0.15) is 11.4 Å². The lowest BCUT2D eigenvalue weighted by atomic mass is 9.97. The van der Waals surface area contributed by atoms with Crippen LogP contribution in [0.15, 0.2) is 29.2 Å². The van der Waals surface area contributed by atoms with Gasteiger partial charge in [0.05, 0.1) is 0 Å². The maximum absolute atomic E-state index is 12.9. The van der Waals surface area contributed by atoms with Crippen molar-refractivity contribution in [3.05, 3.63) is 30.1 Å². The van der Waals surface area contributed by atoms with Crippen molar-refractivity contribution in [3.8, 4) is 0 Å². The van der Waals surface area contributed by atoms with Crippen LogP contribution in [0.25, 0.3) is 0 Å². The number of likely N-dealkylation sites (N-methyl/N-ethyl adjacent to an activating group) is 1. The van der Waals surface area contributed by atoms with E-state index in [4.69, 9.17) is 5.11 Å². The first kappa shape index (κ1) is 15.0. The lowest BCUT2D eigenvalue weighted by Gasteiger charge is -2.23. The molecule has 1 aromatic carbocycles. The molecule has 2 N–H and O–H groups in total. The van der Waals surface area contributed by atoms with Gasteiger partial charge in [0.25, 0.3) is 0 Å². The number of hydrogen-bond donors (Lipinski definition) is 2. The Balaban J connectivity index is 2.37. The lowest BCUT2D eigenvalue weighted by molar-refractivity contribution is -0.144. The number of nitrogens with one attached hydrogen (secondary N) is 1. The first-order chi connectivity index (χ1) is 8.48. The van der Waals surface area contributed by atoms with Crippen molar-refractivity contribution < 1.29 is 14.3 Å². The Morgan fingerprint density at radius 2 is 2.28 bits per heavy atom. The van der Waals surface area contributed by atoms with Gasteiger partial charge in [0.2, 0.25) is 0 Å². The molecule has 0 aromatic heterocycles. The summed E-state index contributed by atoms with van der Waals surface area (Å²) in [4.78, 5) is 11.9. The van der Waals surface area contributed by atoms with Gasteiger partial charge in [0.15, 0.2) is 0 Å². The smallest absolute Gasteiger partial charge is 0.323 e. The molecule has 0 aliphatic carbocycles. The molecule has 1 aromatic rings. The minimum absolute atomic E-state index is 0.245. The molecule has 0 radical (unpaired) electrons. The molecule has 0 heterocycles. The summed E-state index contributed by atoms with van der Waals surface area (Å²) < 4.78 is 12.9. The van der Waals surface area contributed by atoms with Crippen LogP contribution >= 0.6 is 11.8 Å². The zero-order valence-corrected chi connectivity index (χ0v) is 11.4. The van der Waals surface area contributed by atoms with Gasteiger partial charge < -0.3 is 10.4 Å². The summed E-state index contributed by atoms with van der Waals surface area (Å²) in [7, 11) is 1.65. The van der Waals surface area contributed by atoms with E-state index in [2.05, 4.69) is 5.32 Å². The normalized spacial score (nSPS) is 14.2. The van der Waals surface area contributed by atoms with Crippen molar-refractivity contribution in [2.24, 2.45) is 0 Å². The number of aliphatic carboxylic acids is 1. The van der Waals surface area contributed by atoms with Crippen LogP contribution in [0.4, 0.5) is 4.39 Å². The van der Waals surface area contributed by atoms with Crippen LogP contribution in [-0.4, -0.2) is 29.4 Å². The topological polar surface area (TPSA) is 49.3 Å². The monoisotopic (exact) mass is 271 g/mol. The predicted molar refractivity (Wildman–Crippen MR) is 71.5 cm³/mol. The Hall–Kier alpha value is -1.07. The number of carboxylic acids is 1. The first-order valence-electron chi connectivity index (χ1n) is 5.78.